The highest BCUT2D eigenvalue weighted by molar-refractivity contribution is 5.83. The molecule has 0 aliphatic heterocycles. The second-order valence-electron chi connectivity index (χ2n) is 5.22. The summed E-state index contributed by atoms with van der Waals surface area (Å²) in [5, 5.41) is 4.28. The van der Waals surface area contributed by atoms with Crippen LogP contribution in [-0.4, -0.2) is 17.4 Å². The molecular formula is C15H18N2O. The zero-order chi connectivity index (χ0) is 12.5. The van der Waals surface area contributed by atoms with E-state index in [0.29, 0.717) is 5.92 Å². The average molecular weight is 242 g/mol. The van der Waals surface area contributed by atoms with Crippen LogP contribution >= 0.6 is 0 Å². The molecule has 2 aromatic rings. The van der Waals surface area contributed by atoms with Gasteiger partial charge >= 0.3 is 0 Å². The van der Waals surface area contributed by atoms with Crippen molar-refractivity contribution in [1.29, 1.82) is 0 Å². The molecule has 0 spiro atoms. The minimum Gasteiger partial charge on any atom is -0.361 e. The van der Waals surface area contributed by atoms with Crippen molar-refractivity contribution in [3.63, 3.8) is 0 Å². The number of aromatic amines is 1. The molecule has 3 heteroatoms. The fraction of sp³-hybridized carbons (Fsp3) is 0.400. The van der Waals surface area contributed by atoms with E-state index in [0.717, 1.165) is 24.9 Å². The Labute approximate surface area is 107 Å². The summed E-state index contributed by atoms with van der Waals surface area (Å²) in [7, 11) is 0. The van der Waals surface area contributed by atoms with Gasteiger partial charge in [0.1, 0.15) is 0 Å². The molecule has 1 aliphatic carbocycles. The van der Waals surface area contributed by atoms with Gasteiger partial charge in [0.15, 0.2) is 0 Å². The summed E-state index contributed by atoms with van der Waals surface area (Å²) in [4.78, 5) is 14.9. The molecule has 0 radical (unpaired) electrons. The number of fused-ring (bicyclic) bond motifs is 1. The Morgan fingerprint density at radius 3 is 3.00 bits per heavy atom. The summed E-state index contributed by atoms with van der Waals surface area (Å²) in [6, 6.07) is 8.26. The van der Waals surface area contributed by atoms with Gasteiger partial charge in [-0.15, -0.1) is 0 Å². The first-order valence-corrected chi connectivity index (χ1v) is 6.58. The van der Waals surface area contributed by atoms with Crippen LogP contribution in [0.1, 0.15) is 18.9 Å². The number of hydrogen-bond donors (Lipinski definition) is 2. The fourth-order valence-corrected chi connectivity index (χ4v) is 2.48. The number of benzene rings is 1. The van der Waals surface area contributed by atoms with E-state index in [2.05, 4.69) is 29.4 Å². The van der Waals surface area contributed by atoms with Gasteiger partial charge in [0.2, 0.25) is 5.91 Å². The van der Waals surface area contributed by atoms with Crippen LogP contribution in [-0.2, 0) is 11.2 Å². The van der Waals surface area contributed by atoms with Crippen molar-refractivity contribution in [1.82, 2.24) is 10.3 Å². The molecule has 1 heterocycles. The maximum absolute atomic E-state index is 11.7. The molecule has 1 aromatic carbocycles. The Hall–Kier alpha value is -1.77. The molecule has 0 bridgehead atoms. The molecule has 0 unspecified atom stereocenters. The first-order chi connectivity index (χ1) is 8.75. The summed E-state index contributed by atoms with van der Waals surface area (Å²) in [5.41, 5.74) is 2.43. The Balaban J connectivity index is 1.58. The molecular weight excluding hydrogens is 224 g/mol. The predicted molar refractivity (Wildman–Crippen MR) is 72.3 cm³/mol. The first-order valence-electron chi connectivity index (χ1n) is 6.58. The van der Waals surface area contributed by atoms with Gasteiger partial charge < -0.3 is 10.3 Å². The maximum Gasteiger partial charge on any atom is 0.223 e. The number of para-hydroxylation sites is 1. The van der Waals surface area contributed by atoms with Gasteiger partial charge in [-0.25, -0.2) is 0 Å². The van der Waals surface area contributed by atoms with Gasteiger partial charge in [0.25, 0.3) is 0 Å². The largest absolute Gasteiger partial charge is 0.361 e. The van der Waals surface area contributed by atoms with Crippen molar-refractivity contribution >= 4 is 16.8 Å². The molecule has 1 aromatic heterocycles. The van der Waals surface area contributed by atoms with Crippen LogP contribution in [0.4, 0.5) is 0 Å². The maximum atomic E-state index is 11.7. The third-order valence-electron chi connectivity index (χ3n) is 3.81. The average Bonchev–Trinajstić information content (AvgIpc) is 2.98. The third kappa shape index (κ3) is 2.13. The van der Waals surface area contributed by atoms with Crippen molar-refractivity contribution in [3.8, 4) is 0 Å². The Morgan fingerprint density at radius 2 is 2.22 bits per heavy atom. The summed E-state index contributed by atoms with van der Waals surface area (Å²) >= 11 is 0. The van der Waals surface area contributed by atoms with Crippen molar-refractivity contribution in [2.24, 2.45) is 11.8 Å². The van der Waals surface area contributed by atoms with Crippen LogP contribution in [0.3, 0.4) is 0 Å². The zero-order valence-electron chi connectivity index (χ0n) is 10.6. The molecule has 1 saturated carbocycles. The van der Waals surface area contributed by atoms with Crippen molar-refractivity contribution in [2.75, 3.05) is 6.54 Å². The van der Waals surface area contributed by atoms with E-state index in [1.165, 1.54) is 10.9 Å². The molecule has 1 fully saturated rings. The molecule has 94 valence electrons. The number of rotatable bonds is 4. The molecule has 1 aliphatic rings. The quantitative estimate of drug-likeness (QED) is 0.850. The number of aromatic nitrogens is 1. The molecule has 2 N–H and O–H groups in total. The predicted octanol–water partition coefficient (Wildman–Crippen LogP) is 2.48. The van der Waals surface area contributed by atoms with Crippen LogP contribution in [0.2, 0.25) is 0 Å². The number of nitrogens with one attached hydrogen (secondary N) is 2. The van der Waals surface area contributed by atoms with Gasteiger partial charge in [-0.1, -0.05) is 25.1 Å². The fourth-order valence-electron chi connectivity index (χ4n) is 2.48. The number of amides is 1. The van der Waals surface area contributed by atoms with Gasteiger partial charge in [-0.05, 0) is 30.4 Å². The number of hydrogen-bond acceptors (Lipinski definition) is 1. The monoisotopic (exact) mass is 242 g/mol. The lowest BCUT2D eigenvalue weighted by Gasteiger charge is -2.03. The third-order valence-corrected chi connectivity index (χ3v) is 3.81. The molecule has 2 atom stereocenters. The van der Waals surface area contributed by atoms with Crippen LogP contribution < -0.4 is 5.32 Å². The molecule has 18 heavy (non-hydrogen) atoms. The summed E-state index contributed by atoms with van der Waals surface area (Å²) in [5.74, 6) is 1.08. The highest BCUT2D eigenvalue weighted by atomic mass is 16.2. The lowest BCUT2D eigenvalue weighted by molar-refractivity contribution is -0.122. The van der Waals surface area contributed by atoms with Gasteiger partial charge in [0.05, 0.1) is 0 Å². The van der Waals surface area contributed by atoms with Crippen molar-refractivity contribution < 1.29 is 4.79 Å². The van der Waals surface area contributed by atoms with Gasteiger partial charge in [0, 0.05) is 29.6 Å². The Morgan fingerprint density at radius 1 is 1.44 bits per heavy atom. The smallest absolute Gasteiger partial charge is 0.223 e. The van der Waals surface area contributed by atoms with E-state index in [1.807, 2.05) is 18.3 Å². The first kappa shape index (κ1) is 11.3. The molecule has 3 rings (SSSR count). The number of carbonyl (C=O) groups excluding carboxylic acids is 1. The molecule has 0 saturated heterocycles. The lowest BCUT2D eigenvalue weighted by atomic mass is 10.1. The Kier molecular flexibility index (Phi) is 2.82. The normalized spacial score (nSPS) is 22.1. The second kappa shape index (κ2) is 4.48. The Bertz CT molecular complexity index is 573. The summed E-state index contributed by atoms with van der Waals surface area (Å²) < 4.78 is 0. The van der Waals surface area contributed by atoms with Crippen LogP contribution in [0.5, 0.6) is 0 Å². The van der Waals surface area contributed by atoms with E-state index in [4.69, 9.17) is 0 Å². The van der Waals surface area contributed by atoms with E-state index >= 15 is 0 Å². The van der Waals surface area contributed by atoms with Crippen LogP contribution in [0.15, 0.2) is 30.5 Å². The number of H-pyrrole nitrogens is 1. The minimum atomic E-state index is 0.224. The summed E-state index contributed by atoms with van der Waals surface area (Å²) in [6.07, 6.45) is 3.98. The standard InChI is InChI=1S/C15H18N2O/c1-10-8-13(10)15(18)16-7-6-11-9-17-14-5-3-2-4-12(11)14/h2-5,9-10,13,17H,6-8H2,1H3,(H,16,18)/t10-,13+/m1/s1. The van der Waals surface area contributed by atoms with Crippen molar-refractivity contribution in [3.05, 3.63) is 36.0 Å². The van der Waals surface area contributed by atoms with Crippen LogP contribution in [0.25, 0.3) is 10.9 Å². The SMILES string of the molecule is C[C@@H]1C[C@@H]1C(=O)NCCc1c[nH]c2ccccc12. The van der Waals surface area contributed by atoms with E-state index in [9.17, 15) is 4.79 Å². The topological polar surface area (TPSA) is 44.9 Å². The molecule has 3 nitrogen and oxygen atoms in total. The van der Waals surface area contributed by atoms with Crippen molar-refractivity contribution in [2.45, 2.75) is 19.8 Å². The highest BCUT2D eigenvalue weighted by Crippen LogP contribution is 2.37. The lowest BCUT2D eigenvalue weighted by Crippen LogP contribution is -2.27. The number of carbonyl (C=O) groups is 1. The zero-order valence-corrected chi connectivity index (χ0v) is 10.6. The van der Waals surface area contributed by atoms with E-state index in [1.54, 1.807) is 0 Å². The highest BCUT2D eigenvalue weighted by Gasteiger charge is 2.38. The van der Waals surface area contributed by atoms with Gasteiger partial charge in [-0.2, -0.15) is 0 Å². The minimum absolute atomic E-state index is 0.224. The molecule has 1 amide bonds. The van der Waals surface area contributed by atoms with E-state index < -0.39 is 0 Å². The van der Waals surface area contributed by atoms with Gasteiger partial charge in [-0.3, -0.25) is 4.79 Å². The van der Waals surface area contributed by atoms with E-state index in [-0.39, 0.29) is 11.8 Å². The summed E-state index contributed by atoms with van der Waals surface area (Å²) in [6.45, 7) is 2.85. The van der Waals surface area contributed by atoms with Crippen LogP contribution in [0, 0.1) is 11.8 Å². The second-order valence-corrected chi connectivity index (χ2v) is 5.22.